The zero-order valence-electron chi connectivity index (χ0n) is 16.0. The van der Waals surface area contributed by atoms with Gasteiger partial charge in [0.15, 0.2) is 0 Å². The Bertz CT molecular complexity index is 483. The summed E-state index contributed by atoms with van der Waals surface area (Å²) in [6.07, 6.45) is 7.43. The molecule has 2 rings (SSSR count). The summed E-state index contributed by atoms with van der Waals surface area (Å²) in [5.41, 5.74) is 0. The zero-order chi connectivity index (χ0) is 18.9. The molecule has 0 aromatic carbocycles. The van der Waals surface area contributed by atoms with Crippen molar-refractivity contribution in [3.8, 4) is 0 Å². The molecule has 4 N–H and O–H groups in total. The molecule has 0 bridgehead atoms. The number of likely N-dealkylation sites (tertiary alicyclic amines) is 1. The van der Waals surface area contributed by atoms with Gasteiger partial charge in [0.2, 0.25) is 5.91 Å². The van der Waals surface area contributed by atoms with Crippen LogP contribution in [0.2, 0.25) is 0 Å². The summed E-state index contributed by atoms with van der Waals surface area (Å²) in [5.74, 6) is -0.301. The van der Waals surface area contributed by atoms with E-state index >= 15 is 0 Å². The fourth-order valence-corrected chi connectivity index (χ4v) is 3.56. The van der Waals surface area contributed by atoms with Gasteiger partial charge < -0.3 is 16.0 Å². The van der Waals surface area contributed by atoms with Gasteiger partial charge in [0.25, 0.3) is 0 Å². The minimum atomic E-state index is -0.457. The van der Waals surface area contributed by atoms with Crippen molar-refractivity contribution < 1.29 is 14.4 Å². The number of piperidine rings is 1. The molecule has 1 aliphatic carbocycles. The van der Waals surface area contributed by atoms with Crippen LogP contribution in [0.3, 0.4) is 0 Å². The fraction of sp³-hybridized carbons (Fsp3) is 0.833. The molecule has 0 radical (unpaired) electrons. The van der Waals surface area contributed by atoms with Crippen molar-refractivity contribution in [3.63, 3.8) is 0 Å². The fourth-order valence-electron chi connectivity index (χ4n) is 3.56. The Labute approximate surface area is 155 Å². The summed E-state index contributed by atoms with van der Waals surface area (Å²) < 4.78 is 0. The third-order valence-electron chi connectivity index (χ3n) is 4.90. The van der Waals surface area contributed by atoms with Gasteiger partial charge in [-0.2, -0.15) is 0 Å². The highest BCUT2D eigenvalue weighted by molar-refractivity contribution is 5.95. The molecule has 0 spiro atoms. The summed E-state index contributed by atoms with van der Waals surface area (Å²) in [7, 11) is 0. The van der Waals surface area contributed by atoms with Crippen LogP contribution in [0.25, 0.3) is 0 Å². The van der Waals surface area contributed by atoms with Crippen LogP contribution in [0.5, 0.6) is 0 Å². The third-order valence-corrected chi connectivity index (χ3v) is 4.90. The van der Waals surface area contributed by atoms with Crippen LogP contribution in [-0.2, 0) is 4.79 Å². The van der Waals surface area contributed by atoms with E-state index in [0.717, 1.165) is 38.8 Å². The summed E-state index contributed by atoms with van der Waals surface area (Å²) >= 11 is 0. The number of imide groups is 1. The Morgan fingerprint density at radius 1 is 0.885 bits per heavy atom. The number of amides is 5. The highest BCUT2D eigenvalue weighted by Crippen LogP contribution is 2.17. The second kappa shape index (κ2) is 10.4. The van der Waals surface area contributed by atoms with E-state index in [9.17, 15) is 14.4 Å². The minimum absolute atomic E-state index is 0.00984. The van der Waals surface area contributed by atoms with Crippen molar-refractivity contribution in [2.45, 2.75) is 76.9 Å². The molecule has 148 valence electrons. The number of rotatable bonds is 5. The molecule has 26 heavy (non-hydrogen) atoms. The van der Waals surface area contributed by atoms with Crippen molar-refractivity contribution in [2.75, 3.05) is 19.6 Å². The van der Waals surface area contributed by atoms with Crippen molar-refractivity contribution >= 4 is 18.0 Å². The Hall–Kier alpha value is -1.83. The lowest BCUT2D eigenvalue weighted by atomic mass is 9.96. The third kappa shape index (κ3) is 7.59. The number of nitrogens with one attached hydrogen (secondary N) is 4. The summed E-state index contributed by atoms with van der Waals surface area (Å²) in [5, 5.41) is 11.1. The minimum Gasteiger partial charge on any atom is -0.336 e. The molecule has 8 nitrogen and oxygen atoms in total. The largest absolute Gasteiger partial charge is 0.336 e. The average molecular weight is 367 g/mol. The number of hydrogen-bond donors (Lipinski definition) is 4. The van der Waals surface area contributed by atoms with Gasteiger partial charge in [-0.05, 0) is 39.5 Å². The smallest absolute Gasteiger partial charge is 0.321 e. The Kier molecular flexibility index (Phi) is 8.15. The van der Waals surface area contributed by atoms with Crippen molar-refractivity contribution in [2.24, 2.45) is 0 Å². The lowest BCUT2D eigenvalue weighted by Gasteiger charge is -2.32. The van der Waals surface area contributed by atoms with Crippen molar-refractivity contribution in [1.29, 1.82) is 0 Å². The van der Waals surface area contributed by atoms with Crippen LogP contribution in [0.15, 0.2) is 0 Å². The second-order valence-electron chi connectivity index (χ2n) is 7.68. The lowest BCUT2D eigenvalue weighted by molar-refractivity contribution is -0.121. The van der Waals surface area contributed by atoms with Crippen LogP contribution in [-0.4, -0.2) is 60.6 Å². The molecule has 5 amide bonds. The molecule has 0 atom stereocenters. The lowest BCUT2D eigenvalue weighted by Crippen LogP contribution is -2.52. The van der Waals surface area contributed by atoms with Gasteiger partial charge >= 0.3 is 12.1 Å². The van der Waals surface area contributed by atoms with E-state index in [1.165, 1.54) is 19.3 Å². The average Bonchev–Trinajstić information content (AvgIpc) is 2.56. The van der Waals surface area contributed by atoms with Gasteiger partial charge in [0.1, 0.15) is 0 Å². The van der Waals surface area contributed by atoms with Gasteiger partial charge in [0, 0.05) is 31.2 Å². The molecule has 1 heterocycles. The van der Waals surface area contributed by atoms with Crippen LogP contribution in [0.1, 0.15) is 58.8 Å². The molecule has 0 aromatic rings. The molecule has 2 aliphatic rings. The maximum Gasteiger partial charge on any atom is 0.321 e. The predicted octanol–water partition coefficient (Wildman–Crippen LogP) is 1.32. The first kappa shape index (κ1) is 20.5. The van der Waals surface area contributed by atoms with E-state index in [0.29, 0.717) is 6.04 Å². The molecule has 8 heteroatoms. The van der Waals surface area contributed by atoms with Crippen LogP contribution in [0.4, 0.5) is 9.59 Å². The molecule has 1 aliphatic heterocycles. The number of urea groups is 2. The topological polar surface area (TPSA) is 103 Å². The first-order valence-electron chi connectivity index (χ1n) is 9.82. The van der Waals surface area contributed by atoms with E-state index in [2.05, 4.69) is 21.3 Å². The predicted molar refractivity (Wildman–Crippen MR) is 99.8 cm³/mol. The molecule has 0 aromatic heterocycles. The maximum atomic E-state index is 12.1. The van der Waals surface area contributed by atoms with Gasteiger partial charge in [-0.3, -0.25) is 15.0 Å². The van der Waals surface area contributed by atoms with Gasteiger partial charge in [-0.25, -0.2) is 9.59 Å². The SMILES string of the molecule is CC(C)NC(=O)NC(=O)CN1CCC(NC(=O)NC2CCCCC2)CC1. The van der Waals surface area contributed by atoms with E-state index in [1.54, 1.807) is 0 Å². The molecular weight excluding hydrogens is 334 g/mol. The number of carbonyl (C=O) groups is 3. The Balaban J connectivity index is 1.61. The van der Waals surface area contributed by atoms with Gasteiger partial charge in [-0.15, -0.1) is 0 Å². The molecule has 2 fully saturated rings. The Morgan fingerprint density at radius 2 is 1.46 bits per heavy atom. The van der Waals surface area contributed by atoms with Crippen molar-refractivity contribution in [1.82, 2.24) is 26.2 Å². The monoisotopic (exact) mass is 367 g/mol. The highest BCUT2D eigenvalue weighted by atomic mass is 16.2. The molecular formula is C18H33N5O3. The van der Waals surface area contributed by atoms with Gasteiger partial charge in [-0.1, -0.05) is 19.3 Å². The summed E-state index contributed by atoms with van der Waals surface area (Å²) in [6.45, 7) is 5.34. The maximum absolute atomic E-state index is 12.1. The van der Waals surface area contributed by atoms with Crippen LogP contribution in [0, 0.1) is 0 Å². The quantitative estimate of drug-likeness (QED) is 0.588. The van der Waals surface area contributed by atoms with Gasteiger partial charge in [0.05, 0.1) is 6.54 Å². The molecule has 0 unspecified atom stereocenters. The van der Waals surface area contributed by atoms with E-state index < -0.39 is 6.03 Å². The number of hydrogen-bond acceptors (Lipinski definition) is 4. The standard InChI is InChI=1S/C18H33N5O3/c1-13(2)19-17(25)22-16(24)12-23-10-8-15(9-11-23)21-18(26)20-14-6-4-3-5-7-14/h13-15H,3-12H2,1-2H3,(H2,20,21,26)(H2,19,22,24,25). The van der Waals surface area contributed by atoms with E-state index in [-0.39, 0.29) is 30.6 Å². The second-order valence-corrected chi connectivity index (χ2v) is 7.68. The van der Waals surface area contributed by atoms with E-state index in [1.807, 2.05) is 18.7 Å². The first-order chi connectivity index (χ1) is 12.4. The van der Waals surface area contributed by atoms with E-state index in [4.69, 9.17) is 0 Å². The van der Waals surface area contributed by atoms with Crippen LogP contribution < -0.4 is 21.3 Å². The summed E-state index contributed by atoms with van der Waals surface area (Å²) in [6, 6.07) is -0.0876. The Morgan fingerprint density at radius 3 is 2.04 bits per heavy atom. The van der Waals surface area contributed by atoms with Crippen molar-refractivity contribution in [3.05, 3.63) is 0 Å². The summed E-state index contributed by atoms with van der Waals surface area (Å²) in [4.78, 5) is 37.5. The zero-order valence-corrected chi connectivity index (χ0v) is 16.0. The normalized spacial score (nSPS) is 19.8. The van der Waals surface area contributed by atoms with Crippen LogP contribution >= 0.6 is 0 Å². The highest BCUT2D eigenvalue weighted by Gasteiger charge is 2.23. The molecule has 1 saturated carbocycles. The number of nitrogens with zero attached hydrogens (tertiary/aromatic N) is 1. The first-order valence-corrected chi connectivity index (χ1v) is 9.82. The number of carbonyl (C=O) groups excluding carboxylic acids is 3. The molecule has 1 saturated heterocycles.